The van der Waals surface area contributed by atoms with E-state index < -0.39 is 0 Å². The molecule has 0 saturated carbocycles. The Bertz CT molecular complexity index is 390. The third-order valence-corrected chi connectivity index (χ3v) is 2.86. The number of unbranched alkanes of at least 4 members (excludes halogenated alkanes) is 3. The molecule has 0 aliphatic rings. The number of hydrogen-bond donors (Lipinski definition) is 1. The molecule has 0 heterocycles. The van der Waals surface area contributed by atoms with Crippen molar-refractivity contribution in [1.29, 1.82) is 0 Å². The topological polar surface area (TPSA) is 35.2 Å². The maximum Gasteiger partial charge on any atom is 0.165 e. The van der Waals surface area contributed by atoms with Crippen LogP contribution in [0.25, 0.3) is 0 Å². The number of nitrogens with two attached hydrogens (primary N) is 1. The highest BCUT2D eigenvalue weighted by atomic mass is 19.1. The van der Waals surface area contributed by atoms with Crippen LogP contribution in [0.2, 0.25) is 0 Å². The molecule has 106 valence electrons. The predicted octanol–water partition coefficient (Wildman–Crippen LogP) is 3.84. The maximum absolute atomic E-state index is 13.8. The highest BCUT2D eigenvalue weighted by Crippen LogP contribution is 2.19. The lowest BCUT2D eigenvalue weighted by Crippen LogP contribution is -2.17. The summed E-state index contributed by atoms with van der Waals surface area (Å²) < 4.78 is 19.2. The van der Waals surface area contributed by atoms with Crippen molar-refractivity contribution in [3.63, 3.8) is 0 Å². The van der Waals surface area contributed by atoms with Crippen molar-refractivity contribution in [3.8, 4) is 5.75 Å². The zero-order valence-corrected chi connectivity index (χ0v) is 11.7. The minimum atomic E-state index is -0.302. The van der Waals surface area contributed by atoms with Crippen LogP contribution in [0.15, 0.2) is 30.9 Å². The molecule has 1 aromatic carbocycles. The summed E-state index contributed by atoms with van der Waals surface area (Å²) in [4.78, 5) is 0. The fourth-order valence-electron chi connectivity index (χ4n) is 1.91. The fourth-order valence-corrected chi connectivity index (χ4v) is 1.91. The minimum Gasteiger partial charge on any atom is -0.491 e. The summed E-state index contributed by atoms with van der Waals surface area (Å²) in [5, 5.41) is 0. The van der Waals surface area contributed by atoms with E-state index in [4.69, 9.17) is 10.5 Å². The van der Waals surface area contributed by atoms with Crippen molar-refractivity contribution in [1.82, 2.24) is 0 Å². The number of benzene rings is 1. The Kier molecular flexibility index (Phi) is 7.19. The number of rotatable bonds is 9. The first kappa shape index (κ1) is 15.7. The molecule has 0 aliphatic carbocycles. The molecule has 19 heavy (non-hydrogen) atoms. The normalized spacial score (nSPS) is 12.2. The predicted molar refractivity (Wildman–Crippen MR) is 77.9 cm³/mol. The highest BCUT2D eigenvalue weighted by molar-refractivity contribution is 5.29. The third-order valence-electron chi connectivity index (χ3n) is 2.86. The summed E-state index contributed by atoms with van der Waals surface area (Å²) in [7, 11) is 0. The van der Waals surface area contributed by atoms with Crippen molar-refractivity contribution in [2.75, 3.05) is 6.61 Å². The first-order valence-electron chi connectivity index (χ1n) is 6.91. The van der Waals surface area contributed by atoms with E-state index in [0.717, 1.165) is 31.2 Å². The van der Waals surface area contributed by atoms with E-state index in [1.807, 2.05) is 19.1 Å². The van der Waals surface area contributed by atoms with Gasteiger partial charge in [-0.05, 0) is 56.7 Å². The Morgan fingerprint density at radius 1 is 1.37 bits per heavy atom. The molecule has 0 saturated heterocycles. The zero-order valence-electron chi connectivity index (χ0n) is 11.7. The number of halogens is 1. The lowest BCUT2D eigenvalue weighted by Gasteiger charge is -2.10. The van der Waals surface area contributed by atoms with E-state index in [-0.39, 0.29) is 11.9 Å². The molecular weight excluding hydrogens is 241 g/mol. The van der Waals surface area contributed by atoms with Gasteiger partial charge >= 0.3 is 0 Å². The first-order valence-corrected chi connectivity index (χ1v) is 6.91. The van der Waals surface area contributed by atoms with Crippen LogP contribution in [0.5, 0.6) is 5.75 Å². The van der Waals surface area contributed by atoms with Crippen LogP contribution in [0.1, 0.15) is 38.2 Å². The van der Waals surface area contributed by atoms with Gasteiger partial charge in [-0.25, -0.2) is 4.39 Å². The highest BCUT2D eigenvalue weighted by Gasteiger charge is 2.06. The maximum atomic E-state index is 13.8. The van der Waals surface area contributed by atoms with Crippen LogP contribution in [0.4, 0.5) is 4.39 Å². The standard InChI is InChI=1S/C16H24FNO/c1-3-4-5-6-7-10-19-16-9-8-14(11-13(2)18)12-15(16)17/h3,8-9,12-13H,1,4-7,10-11,18H2,2H3. The second-order valence-electron chi connectivity index (χ2n) is 4.93. The van der Waals surface area contributed by atoms with Gasteiger partial charge < -0.3 is 10.5 Å². The van der Waals surface area contributed by atoms with Crippen LogP contribution in [0.3, 0.4) is 0 Å². The van der Waals surface area contributed by atoms with E-state index >= 15 is 0 Å². The monoisotopic (exact) mass is 265 g/mol. The number of allylic oxidation sites excluding steroid dienone is 1. The van der Waals surface area contributed by atoms with Crippen molar-refractivity contribution in [2.45, 2.75) is 45.1 Å². The molecule has 0 radical (unpaired) electrons. The van der Waals surface area contributed by atoms with Gasteiger partial charge in [0.2, 0.25) is 0 Å². The summed E-state index contributed by atoms with van der Waals surface area (Å²) in [6.07, 6.45) is 6.75. The molecule has 1 atom stereocenters. The van der Waals surface area contributed by atoms with Gasteiger partial charge in [0, 0.05) is 6.04 Å². The molecule has 0 aromatic heterocycles. The van der Waals surface area contributed by atoms with Crippen LogP contribution in [-0.4, -0.2) is 12.6 Å². The van der Waals surface area contributed by atoms with E-state index in [1.165, 1.54) is 6.07 Å². The van der Waals surface area contributed by atoms with Gasteiger partial charge in [-0.1, -0.05) is 12.1 Å². The summed E-state index contributed by atoms with van der Waals surface area (Å²) in [6.45, 7) is 6.14. The number of hydrogen-bond acceptors (Lipinski definition) is 2. The fraction of sp³-hybridized carbons (Fsp3) is 0.500. The van der Waals surface area contributed by atoms with Gasteiger partial charge in [-0.15, -0.1) is 6.58 Å². The van der Waals surface area contributed by atoms with Crippen LogP contribution in [-0.2, 0) is 6.42 Å². The molecule has 3 heteroatoms. The first-order chi connectivity index (χ1) is 9.13. The molecular formula is C16H24FNO. The molecule has 2 N–H and O–H groups in total. The molecule has 1 aromatic rings. The summed E-state index contributed by atoms with van der Waals surface area (Å²) in [5.74, 6) is 0.0291. The Labute approximate surface area is 115 Å². The summed E-state index contributed by atoms with van der Waals surface area (Å²) in [6, 6.07) is 5.11. The van der Waals surface area contributed by atoms with Crippen molar-refractivity contribution >= 4 is 0 Å². The molecule has 1 rings (SSSR count). The summed E-state index contributed by atoms with van der Waals surface area (Å²) in [5.41, 5.74) is 6.60. The van der Waals surface area contributed by atoms with Crippen LogP contribution in [0, 0.1) is 5.82 Å². The second-order valence-corrected chi connectivity index (χ2v) is 4.93. The third kappa shape index (κ3) is 6.39. The SMILES string of the molecule is C=CCCCCCOc1ccc(CC(C)N)cc1F. The number of ether oxygens (including phenoxy) is 1. The van der Waals surface area contributed by atoms with Crippen molar-refractivity contribution in [3.05, 3.63) is 42.2 Å². The van der Waals surface area contributed by atoms with E-state index in [2.05, 4.69) is 6.58 Å². The minimum absolute atomic E-state index is 0.0380. The average Bonchev–Trinajstić information content (AvgIpc) is 2.35. The Hall–Kier alpha value is -1.35. The largest absolute Gasteiger partial charge is 0.491 e. The second kappa shape index (κ2) is 8.70. The van der Waals surface area contributed by atoms with Gasteiger partial charge in [0.1, 0.15) is 0 Å². The van der Waals surface area contributed by atoms with E-state index in [0.29, 0.717) is 18.8 Å². The molecule has 0 amide bonds. The van der Waals surface area contributed by atoms with Crippen LogP contribution < -0.4 is 10.5 Å². The summed E-state index contributed by atoms with van der Waals surface area (Å²) >= 11 is 0. The Morgan fingerprint density at radius 2 is 2.16 bits per heavy atom. The van der Waals surface area contributed by atoms with E-state index in [9.17, 15) is 4.39 Å². The van der Waals surface area contributed by atoms with Gasteiger partial charge in [-0.2, -0.15) is 0 Å². The lowest BCUT2D eigenvalue weighted by molar-refractivity contribution is 0.290. The Balaban J connectivity index is 2.36. The van der Waals surface area contributed by atoms with Gasteiger partial charge in [0.25, 0.3) is 0 Å². The van der Waals surface area contributed by atoms with Crippen LogP contribution >= 0.6 is 0 Å². The smallest absolute Gasteiger partial charge is 0.165 e. The van der Waals surface area contributed by atoms with Crippen molar-refractivity contribution < 1.29 is 9.13 Å². The lowest BCUT2D eigenvalue weighted by atomic mass is 10.1. The molecule has 0 fully saturated rings. The molecule has 1 unspecified atom stereocenters. The molecule has 0 bridgehead atoms. The van der Waals surface area contributed by atoms with Gasteiger partial charge in [-0.3, -0.25) is 0 Å². The zero-order chi connectivity index (χ0) is 14.1. The Morgan fingerprint density at radius 3 is 2.79 bits per heavy atom. The van der Waals surface area contributed by atoms with Gasteiger partial charge in [0.05, 0.1) is 6.61 Å². The molecule has 0 aliphatic heterocycles. The average molecular weight is 265 g/mol. The van der Waals surface area contributed by atoms with Crippen molar-refractivity contribution in [2.24, 2.45) is 5.73 Å². The van der Waals surface area contributed by atoms with Gasteiger partial charge in [0.15, 0.2) is 11.6 Å². The van der Waals surface area contributed by atoms with E-state index in [1.54, 1.807) is 6.07 Å². The molecule has 2 nitrogen and oxygen atoms in total. The molecule has 0 spiro atoms. The quantitative estimate of drug-likeness (QED) is 0.544.